The Labute approximate surface area is 124 Å². The summed E-state index contributed by atoms with van der Waals surface area (Å²) in [4.78, 5) is 0. The van der Waals surface area contributed by atoms with Crippen LogP contribution < -0.4 is 4.74 Å². The van der Waals surface area contributed by atoms with Crippen LogP contribution in [0.4, 0.5) is 0 Å². The van der Waals surface area contributed by atoms with Crippen molar-refractivity contribution >= 4 is 11.8 Å². The van der Waals surface area contributed by atoms with E-state index in [1.165, 1.54) is 11.8 Å². The van der Waals surface area contributed by atoms with E-state index in [2.05, 4.69) is 20.4 Å². The highest BCUT2D eigenvalue weighted by Gasteiger charge is 2.14. The van der Waals surface area contributed by atoms with E-state index in [1.54, 1.807) is 14.0 Å². The number of hydrogen-bond donors (Lipinski definition) is 0. The number of aromatic nitrogens is 4. The van der Waals surface area contributed by atoms with Gasteiger partial charge in [-0.25, -0.2) is 0 Å². The summed E-state index contributed by atoms with van der Waals surface area (Å²) in [6, 6.07) is 7.47. The molecule has 0 aliphatic rings. The first-order valence-electron chi connectivity index (χ1n) is 6.15. The van der Waals surface area contributed by atoms with Gasteiger partial charge in [-0.1, -0.05) is 23.9 Å². The average molecular weight is 304 g/mol. The molecule has 3 aromatic rings. The monoisotopic (exact) mass is 304 g/mol. The first-order chi connectivity index (χ1) is 10.3. The van der Waals surface area contributed by atoms with Gasteiger partial charge in [-0.3, -0.25) is 0 Å². The minimum Gasteiger partial charge on any atom is -0.496 e. The van der Waals surface area contributed by atoms with Crippen LogP contribution >= 0.6 is 11.8 Å². The zero-order chi connectivity index (χ0) is 14.7. The molecular formula is C13H12N4O3S. The fourth-order valence-corrected chi connectivity index (χ4v) is 2.32. The van der Waals surface area contributed by atoms with Gasteiger partial charge < -0.3 is 13.6 Å². The topological polar surface area (TPSA) is 87.1 Å². The van der Waals surface area contributed by atoms with Crippen molar-refractivity contribution in [3.8, 4) is 17.2 Å². The number of rotatable bonds is 5. The van der Waals surface area contributed by atoms with Crippen molar-refractivity contribution in [2.24, 2.45) is 0 Å². The van der Waals surface area contributed by atoms with Gasteiger partial charge >= 0.3 is 0 Å². The molecule has 0 bridgehead atoms. The molecule has 108 valence electrons. The molecule has 2 aromatic heterocycles. The summed E-state index contributed by atoms with van der Waals surface area (Å²) in [7, 11) is 1.60. The second-order valence-electron chi connectivity index (χ2n) is 4.08. The van der Waals surface area contributed by atoms with Crippen LogP contribution in [-0.2, 0) is 5.75 Å². The second-order valence-corrected chi connectivity index (χ2v) is 5.00. The lowest BCUT2D eigenvalue weighted by Gasteiger charge is -2.03. The molecule has 0 unspecified atom stereocenters. The molecule has 21 heavy (non-hydrogen) atoms. The molecule has 0 saturated carbocycles. The van der Waals surface area contributed by atoms with Gasteiger partial charge in [0, 0.05) is 6.92 Å². The Balaban J connectivity index is 1.74. The molecule has 0 fully saturated rings. The minimum atomic E-state index is 0.414. The highest BCUT2D eigenvalue weighted by molar-refractivity contribution is 7.98. The predicted molar refractivity (Wildman–Crippen MR) is 74.9 cm³/mol. The minimum absolute atomic E-state index is 0.414. The van der Waals surface area contributed by atoms with E-state index < -0.39 is 0 Å². The van der Waals surface area contributed by atoms with Crippen molar-refractivity contribution in [3.05, 3.63) is 36.0 Å². The predicted octanol–water partition coefficient (Wildman–Crippen LogP) is 2.73. The van der Waals surface area contributed by atoms with Gasteiger partial charge in [0.15, 0.2) is 0 Å². The zero-order valence-corrected chi connectivity index (χ0v) is 12.3. The number of benzene rings is 1. The Kier molecular flexibility index (Phi) is 3.87. The lowest BCUT2D eigenvalue weighted by atomic mass is 10.2. The number of methoxy groups -OCH3 is 1. The lowest BCUT2D eigenvalue weighted by molar-refractivity contribution is 0.411. The third-order valence-corrected chi connectivity index (χ3v) is 3.43. The molecule has 0 aliphatic carbocycles. The highest BCUT2D eigenvalue weighted by atomic mass is 32.2. The van der Waals surface area contributed by atoms with Crippen LogP contribution in [0.25, 0.3) is 11.5 Å². The van der Waals surface area contributed by atoms with Crippen LogP contribution in [0.5, 0.6) is 5.75 Å². The highest BCUT2D eigenvalue weighted by Crippen LogP contribution is 2.31. The van der Waals surface area contributed by atoms with Crippen LogP contribution in [-0.4, -0.2) is 27.5 Å². The third-order valence-electron chi connectivity index (χ3n) is 2.63. The molecule has 7 nitrogen and oxygen atoms in total. The van der Waals surface area contributed by atoms with Gasteiger partial charge in [0.05, 0.1) is 18.4 Å². The van der Waals surface area contributed by atoms with Crippen molar-refractivity contribution in [1.82, 2.24) is 20.4 Å². The van der Waals surface area contributed by atoms with Crippen molar-refractivity contribution in [1.29, 1.82) is 0 Å². The fourth-order valence-electron chi connectivity index (χ4n) is 1.72. The summed E-state index contributed by atoms with van der Waals surface area (Å²) < 4.78 is 16.2. The smallest absolute Gasteiger partial charge is 0.277 e. The van der Waals surface area contributed by atoms with Crippen molar-refractivity contribution < 1.29 is 13.6 Å². The Morgan fingerprint density at radius 1 is 1.10 bits per heavy atom. The van der Waals surface area contributed by atoms with Crippen molar-refractivity contribution in [2.45, 2.75) is 17.9 Å². The number of nitrogens with zero attached hydrogens (tertiary/aromatic N) is 4. The van der Waals surface area contributed by atoms with E-state index in [0.29, 0.717) is 34.4 Å². The zero-order valence-electron chi connectivity index (χ0n) is 11.4. The first-order valence-corrected chi connectivity index (χ1v) is 7.13. The van der Waals surface area contributed by atoms with Crippen LogP contribution in [0, 0.1) is 6.92 Å². The average Bonchev–Trinajstić information content (AvgIpc) is 3.14. The van der Waals surface area contributed by atoms with Crippen LogP contribution in [0.3, 0.4) is 0 Å². The van der Waals surface area contributed by atoms with E-state index in [0.717, 1.165) is 5.56 Å². The van der Waals surface area contributed by atoms with E-state index >= 15 is 0 Å². The summed E-state index contributed by atoms with van der Waals surface area (Å²) >= 11 is 1.34. The van der Waals surface area contributed by atoms with Gasteiger partial charge in [0.2, 0.25) is 11.8 Å². The number of hydrogen-bond acceptors (Lipinski definition) is 8. The summed E-state index contributed by atoms with van der Waals surface area (Å²) in [5.74, 6) is 2.64. The standard InChI is InChI=1S/C13H12N4O3S/c1-8-14-15-11(19-8)7-21-13-17-16-12(20-13)9-5-3-4-6-10(9)18-2/h3-6H,7H2,1-2H3. The first kappa shape index (κ1) is 13.6. The molecule has 2 heterocycles. The summed E-state index contributed by atoms with van der Waals surface area (Å²) in [6.45, 7) is 1.74. The second kappa shape index (κ2) is 5.96. The molecule has 0 spiro atoms. The molecule has 0 atom stereocenters. The molecule has 0 saturated heterocycles. The lowest BCUT2D eigenvalue weighted by Crippen LogP contribution is -1.87. The normalized spacial score (nSPS) is 10.8. The maximum Gasteiger partial charge on any atom is 0.277 e. The van der Waals surface area contributed by atoms with E-state index in [1.807, 2.05) is 24.3 Å². The Hall–Kier alpha value is -2.35. The molecule has 3 rings (SSSR count). The molecule has 1 aromatic carbocycles. The van der Waals surface area contributed by atoms with Crippen molar-refractivity contribution in [3.63, 3.8) is 0 Å². The molecule has 0 amide bonds. The van der Waals surface area contributed by atoms with Gasteiger partial charge in [-0.15, -0.1) is 20.4 Å². The maximum atomic E-state index is 5.61. The van der Waals surface area contributed by atoms with Gasteiger partial charge in [0.1, 0.15) is 5.75 Å². The van der Waals surface area contributed by atoms with E-state index in [-0.39, 0.29) is 0 Å². The largest absolute Gasteiger partial charge is 0.496 e. The van der Waals surface area contributed by atoms with Crippen LogP contribution in [0.1, 0.15) is 11.8 Å². The Morgan fingerprint density at radius 2 is 1.95 bits per heavy atom. The maximum absolute atomic E-state index is 5.61. The summed E-state index contributed by atoms with van der Waals surface area (Å²) in [5.41, 5.74) is 0.757. The SMILES string of the molecule is COc1ccccc1-c1nnc(SCc2nnc(C)o2)o1. The molecule has 0 radical (unpaired) electrons. The number of thioether (sulfide) groups is 1. The number of aryl methyl sites for hydroxylation is 1. The quantitative estimate of drug-likeness (QED) is 0.665. The van der Waals surface area contributed by atoms with Crippen LogP contribution in [0.15, 0.2) is 38.3 Å². The summed E-state index contributed by atoms with van der Waals surface area (Å²) in [6.07, 6.45) is 0. The number of para-hydroxylation sites is 1. The van der Waals surface area contributed by atoms with Gasteiger partial charge in [-0.05, 0) is 12.1 Å². The van der Waals surface area contributed by atoms with Crippen LogP contribution in [0.2, 0.25) is 0 Å². The third kappa shape index (κ3) is 3.05. The molecule has 0 N–H and O–H groups in total. The fraction of sp³-hybridized carbons (Fsp3) is 0.231. The van der Waals surface area contributed by atoms with E-state index in [4.69, 9.17) is 13.6 Å². The van der Waals surface area contributed by atoms with Gasteiger partial charge in [0.25, 0.3) is 11.1 Å². The van der Waals surface area contributed by atoms with E-state index in [9.17, 15) is 0 Å². The summed E-state index contributed by atoms with van der Waals surface area (Å²) in [5, 5.41) is 16.1. The number of ether oxygens (including phenoxy) is 1. The molecule has 8 heteroatoms. The molecular weight excluding hydrogens is 292 g/mol. The van der Waals surface area contributed by atoms with Gasteiger partial charge in [-0.2, -0.15) is 0 Å². The Morgan fingerprint density at radius 3 is 2.71 bits per heavy atom. The Bertz CT molecular complexity index is 740. The molecule has 0 aliphatic heterocycles. The van der Waals surface area contributed by atoms with Crippen molar-refractivity contribution in [2.75, 3.05) is 7.11 Å².